The maximum absolute atomic E-state index is 5.51. The van der Waals surface area contributed by atoms with E-state index in [1.807, 2.05) is 0 Å². The predicted molar refractivity (Wildman–Crippen MR) is 80.1 cm³/mol. The summed E-state index contributed by atoms with van der Waals surface area (Å²) in [4.78, 5) is 2.40. The van der Waals surface area contributed by atoms with E-state index in [0.717, 1.165) is 31.8 Å². The first-order chi connectivity index (χ1) is 9.10. The van der Waals surface area contributed by atoms with Crippen LogP contribution in [-0.4, -0.2) is 44.7 Å². The fourth-order valence-corrected chi connectivity index (χ4v) is 2.75. The third-order valence-electron chi connectivity index (χ3n) is 4.12. The Balaban J connectivity index is 2.00. The van der Waals surface area contributed by atoms with Crippen LogP contribution in [0.4, 0.5) is 0 Å². The van der Waals surface area contributed by atoms with Gasteiger partial charge in [0.25, 0.3) is 0 Å². The number of aryl methyl sites for hydroxylation is 3. The summed E-state index contributed by atoms with van der Waals surface area (Å²) < 4.78 is 5.51. The molecule has 1 N–H and O–H groups in total. The van der Waals surface area contributed by atoms with Crippen LogP contribution in [0.1, 0.15) is 23.1 Å². The number of piperazine rings is 1. The van der Waals surface area contributed by atoms with Crippen LogP contribution >= 0.6 is 0 Å². The Bertz CT molecular complexity index is 431. The van der Waals surface area contributed by atoms with Crippen molar-refractivity contribution in [1.82, 2.24) is 10.2 Å². The number of ether oxygens (including phenoxy) is 1. The van der Waals surface area contributed by atoms with Gasteiger partial charge < -0.3 is 15.0 Å². The molecule has 1 aromatic rings. The van der Waals surface area contributed by atoms with Gasteiger partial charge in [0.15, 0.2) is 0 Å². The minimum absolute atomic E-state index is 0.602. The molecule has 19 heavy (non-hydrogen) atoms. The highest BCUT2D eigenvalue weighted by molar-refractivity contribution is 5.41. The van der Waals surface area contributed by atoms with Crippen LogP contribution in [0.15, 0.2) is 12.1 Å². The number of rotatable bonds is 4. The van der Waals surface area contributed by atoms with E-state index in [1.54, 1.807) is 7.11 Å². The van der Waals surface area contributed by atoms with Gasteiger partial charge in [0, 0.05) is 25.7 Å². The van der Waals surface area contributed by atoms with Crippen LogP contribution < -0.4 is 10.1 Å². The van der Waals surface area contributed by atoms with Crippen LogP contribution in [0.3, 0.4) is 0 Å². The van der Waals surface area contributed by atoms with Crippen molar-refractivity contribution in [2.75, 3.05) is 33.8 Å². The zero-order chi connectivity index (χ0) is 13.8. The lowest BCUT2D eigenvalue weighted by Gasteiger charge is -2.31. The Kier molecular flexibility index (Phi) is 4.83. The van der Waals surface area contributed by atoms with Gasteiger partial charge in [-0.2, -0.15) is 0 Å². The summed E-state index contributed by atoms with van der Waals surface area (Å²) in [6, 6.07) is 5.04. The first-order valence-electron chi connectivity index (χ1n) is 7.16. The predicted octanol–water partition coefficient (Wildman–Crippen LogP) is 2.15. The number of hydrogen-bond acceptors (Lipinski definition) is 3. The van der Waals surface area contributed by atoms with Crippen molar-refractivity contribution >= 4 is 0 Å². The zero-order valence-electron chi connectivity index (χ0n) is 12.6. The number of benzene rings is 1. The lowest BCUT2D eigenvalue weighted by molar-refractivity contribution is 0.232. The van der Waals surface area contributed by atoms with E-state index in [-0.39, 0.29) is 0 Å². The Labute approximate surface area is 116 Å². The zero-order valence-corrected chi connectivity index (χ0v) is 12.6. The van der Waals surface area contributed by atoms with Crippen LogP contribution in [0.5, 0.6) is 5.75 Å². The fraction of sp³-hybridized carbons (Fsp3) is 0.625. The number of methoxy groups -OCH3 is 1. The molecule has 106 valence electrons. The maximum atomic E-state index is 5.51. The van der Waals surface area contributed by atoms with Crippen molar-refractivity contribution in [3.63, 3.8) is 0 Å². The van der Waals surface area contributed by atoms with E-state index in [9.17, 15) is 0 Å². The van der Waals surface area contributed by atoms with Gasteiger partial charge in [-0.1, -0.05) is 6.07 Å². The van der Waals surface area contributed by atoms with E-state index in [1.165, 1.54) is 23.1 Å². The molecule has 1 aliphatic heterocycles. The Hall–Kier alpha value is -1.06. The molecule has 0 bridgehead atoms. The molecule has 1 aromatic carbocycles. The highest BCUT2D eigenvalue weighted by Gasteiger charge is 2.17. The average molecular weight is 262 g/mol. The molecule has 1 fully saturated rings. The van der Waals surface area contributed by atoms with E-state index in [4.69, 9.17) is 4.74 Å². The molecule has 0 radical (unpaired) electrons. The molecular formula is C16H26N2O. The average Bonchev–Trinajstić information content (AvgIpc) is 2.39. The molecule has 3 heteroatoms. The van der Waals surface area contributed by atoms with Crippen molar-refractivity contribution in [2.45, 2.75) is 32.7 Å². The summed E-state index contributed by atoms with van der Waals surface area (Å²) in [5.74, 6) is 1.03. The van der Waals surface area contributed by atoms with Gasteiger partial charge in [-0.25, -0.2) is 0 Å². The van der Waals surface area contributed by atoms with Crippen LogP contribution in [0, 0.1) is 13.8 Å². The van der Waals surface area contributed by atoms with Gasteiger partial charge in [0.2, 0.25) is 0 Å². The first-order valence-corrected chi connectivity index (χ1v) is 7.16. The van der Waals surface area contributed by atoms with Crippen LogP contribution in [0.2, 0.25) is 0 Å². The number of likely N-dealkylation sites (N-methyl/N-ethyl adjacent to an activating group) is 1. The summed E-state index contributed by atoms with van der Waals surface area (Å²) in [6.07, 6.45) is 2.25. The molecule has 3 nitrogen and oxygen atoms in total. The fourth-order valence-electron chi connectivity index (χ4n) is 2.75. The number of nitrogens with zero attached hydrogens (tertiary/aromatic N) is 1. The largest absolute Gasteiger partial charge is 0.496 e. The van der Waals surface area contributed by atoms with Gasteiger partial charge in [0.05, 0.1) is 7.11 Å². The van der Waals surface area contributed by atoms with Crippen LogP contribution in [0.25, 0.3) is 0 Å². The molecule has 0 spiro atoms. The molecule has 0 amide bonds. The lowest BCUT2D eigenvalue weighted by Crippen LogP contribution is -2.49. The van der Waals surface area contributed by atoms with Crippen molar-refractivity contribution < 1.29 is 4.74 Å². The maximum Gasteiger partial charge on any atom is 0.122 e. The molecule has 0 saturated carbocycles. The van der Waals surface area contributed by atoms with E-state index in [2.05, 4.69) is 43.2 Å². The van der Waals surface area contributed by atoms with E-state index < -0.39 is 0 Å². The van der Waals surface area contributed by atoms with Crippen molar-refractivity contribution in [3.05, 3.63) is 28.8 Å². The minimum Gasteiger partial charge on any atom is -0.496 e. The highest BCUT2D eigenvalue weighted by atomic mass is 16.5. The summed E-state index contributed by atoms with van der Waals surface area (Å²) in [5, 5.41) is 3.60. The van der Waals surface area contributed by atoms with Crippen molar-refractivity contribution in [1.29, 1.82) is 0 Å². The second-order valence-corrected chi connectivity index (χ2v) is 5.70. The lowest BCUT2D eigenvalue weighted by atomic mass is 9.99. The van der Waals surface area contributed by atoms with E-state index in [0.29, 0.717) is 6.04 Å². The highest BCUT2D eigenvalue weighted by Crippen LogP contribution is 2.24. The van der Waals surface area contributed by atoms with Crippen molar-refractivity contribution in [3.8, 4) is 5.75 Å². The SMILES string of the molecule is COc1cc(C)c(C)cc1CCC1CN(C)CCN1. The van der Waals surface area contributed by atoms with E-state index >= 15 is 0 Å². The minimum atomic E-state index is 0.602. The molecule has 0 aromatic heterocycles. The Morgan fingerprint density at radius 1 is 1.32 bits per heavy atom. The molecule has 1 unspecified atom stereocenters. The van der Waals surface area contributed by atoms with Crippen molar-refractivity contribution in [2.24, 2.45) is 0 Å². The van der Waals surface area contributed by atoms with Gasteiger partial charge in [-0.15, -0.1) is 0 Å². The van der Waals surface area contributed by atoms with Gasteiger partial charge in [-0.3, -0.25) is 0 Å². The molecule has 1 atom stereocenters. The first kappa shape index (κ1) is 14.4. The molecule has 2 rings (SSSR count). The quantitative estimate of drug-likeness (QED) is 0.900. The van der Waals surface area contributed by atoms with Gasteiger partial charge >= 0.3 is 0 Å². The standard InChI is InChI=1S/C16H26N2O/c1-12-9-14(16(19-4)10-13(12)2)5-6-15-11-18(3)8-7-17-15/h9-10,15,17H,5-8,11H2,1-4H3. The smallest absolute Gasteiger partial charge is 0.122 e. The summed E-state index contributed by atoms with van der Waals surface area (Å²) in [6.45, 7) is 7.71. The monoisotopic (exact) mass is 262 g/mol. The van der Waals surface area contributed by atoms with Gasteiger partial charge in [-0.05, 0) is 56.5 Å². The second kappa shape index (κ2) is 6.40. The summed E-state index contributed by atoms with van der Waals surface area (Å²) in [7, 11) is 3.96. The second-order valence-electron chi connectivity index (χ2n) is 5.70. The molecule has 1 aliphatic rings. The number of hydrogen-bond donors (Lipinski definition) is 1. The Morgan fingerprint density at radius 3 is 2.74 bits per heavy atom. The molecule has 1 saturated heterocycles. The van der Waals surface area contributed by atoms with Gasteiger partial charge in [0.1, 0.15) is 5.75 Å². The topological polar surface area (TPSA) is 24.5 Å². The Morgan fingerprint density at radius 2 is 2.05 bits per heavy atom. The molecule has 1 heterocycles. The normalized spacial score (nSPS) is 20.5. The third kappa shape index (κ3) is 3.71. The third-order valence-corrected chi connectivity index (χ3v) is 4.12. The summed E-state index contributed by atoms with van der Waals surface area (Å²) >= 11 is 0. The number of nitrogens with one attached hydrogen (secondary N) is 1. The molecule has 0 aliphatic carbocycles. The summed E-state index contributed by atoms with van der Waals surface area (Å²) in [5.41, 5.74) is 3.99. The molecular weight excluding hydrogens is 236 g/mol. The van der Waals surface area contributed by atoms with Crippen LogP contribution in [-0.2, 0) is 6.42 Å².